The van der Waals surface area contributed by atoms with E-state index in [0.717, 1.165) is 55.1 Å². The quantitative estimate of drug-likeness (QED) is 0.0287. The molecule has 6 aromatic carbocycles. The van der Waals surface area contributed by atoms with E-state index in [1.165, 1.54) is 6.92 Å². The van der Waals surface area contributed by atoms with Crippen LogP contribution in [0.1, 0.15) is 54.1 Å². The van der Waals surface area contributed by atoms with E-state index in [9.17, 15) is 58.4 Å². The van der Waals surface area contributed by atoms with Crippen molar-refractivity contribution in [1.29, 1.82) is 0 Å². The lowest BCUT2D eigenvalue weighted by Gasteiger charge is -2.49. The lowest BCUT2D eigenvalue weighted by Crippen LogP contribution is -2.62. The fourth-order valence-corrected chi connectivity index (χ4v) is 13.4. The van der Waals surface area contributed by atoms with Crippen LogP contribution in [0, 0.1) is 23.3 Å². The van der Waals surface area contributed by atoms with Gasteiger partial charge >= 0.3 is 5.97 Å². The molecule has 2 aliphatic rings. The topological polar surface area (TPSA) is 249 Å². The first-order chi connectivity index (χ1) is 40.2. The number of likely N-dealkylation sites (tertiary alicyclic amines) is 2. The number of anilines is 2. The number of hydrogen-bond acceptors (Lipinski definition) is 11. The largest absolute Gasteiger partial charge is 0.481 e. The Kier molecular flexibility index (Phi) is 22.3. The number of nitrogens with one attached hydrogen (secondary N) is 3. The number of rotatable bonds is 24. The molecule has 2 heterocycles. The van der Waals surface area contributed by atoms with Gasteiger partial charge in [0.2, 0.25) is 43.7 Å². The highest BCUT2D eigenvalue weighted by molar-refractivity contribution is 7.93. The number of benzene rings is 6. The van der Waals surface area contributed by atoms with Crippen LogP contribution < -0.4 is 30.3 Å². The number of halogens is 8. The predicted octanol–water partition coefficient (Wildman–Crippen LogP) is 7.85. The third-order valence-electron chi connectivity index (χ3n) is 13.5. The van der Waals surface area contributed by atoms with Crippen LogP contribution in [0.15, 0.2) is 133 Å². The van der Waals surface area contributed by atoms with Crippen molar-refractivity contribution in [2.45, 2.75) is 50.0 Å². The third kappa shape index (κ3) is 18.0. The molecule has 0 bridgehead atoms. The molecule has 6 N–H and O–H groups in total. The molecule has 2 aliphatic heterocycles. The lowest BCUT2D eigenvalue weighted by molar-refractivity contribution is -0.141. The van der Waals surface area contributed by atoms with Gasteiger partial charge in [0.25, 0.3) is 0 Å². The van der Waals surface area contributed by atoms with Crippen LogP contribution in [-0.4, -0.2) is 130 Å². The zero-order chi connectivity index (χ0) is 61.9. The van der Waals surface area contributed by atoms with Gasteiger partial charge < -0.3 is 26.8 Å². The molecular formula is C57H56Cl4F4N8O10S2. The van der Waals surface area contributed by atoms with Gasteiger partial charge in [-0.1, -0.05) is 94.9 Å². The number of aliphatic carboxylic acids is 1. The molecule has 4 amide bonds. The molecule has 0 spiro atoms. The molecule has 0 radical (unpaired) electrons. The number of carbonyl (C=O) groups excluding carboxylic acids is 4. The van der Waals surface area contributed by atoms with Crippen LogP contribution in [-0.2, 0) is 44.0 Å². The van der Waals surface area contributed by atoms with Crippen molar-refractivity contribution >= 4 is 107 Å². The summed E-state index contributed by atoms with van der Waals surface area (Å²) in [5.41, 5.74) is 8.22. The fourth-order valence-electron chi connectivity index (χ4n) is 9.72. The number of carboxylic acid groups (broad SMARTS) is 1. The number of sulfonamides is 2. The standard InChI is InChI=1S/C30H30Cl2F2N4O6S.C27H26Cl2F2N4O4S/c1-18(36-27(39)15-28(40)41)30(42)35-10-11-45(43,44)38(25-13-23(33)12-24(34)14-25)26-16-37(17-26)29(19-2-6-21(31)7-3-19)20-4-8-22(32)9-5-20;28-19-5-1-17(2-6-19)27(18-3-7-20(29)8-4-18)34-15-24(16-34)35(23-12-21(30)11-22(31)13-23)40(38,39)10-9-33-26(37)14-25(32)36/h2-9,12-14,18,26,29H,10-11,15-17H2,1H3,(H,35,42)(H,36,39)(H,40,41);1-8,11-13,24,27H,9-10,14-16H2,(H2,32,36)(H,33,37). The first kappa shape index (κ1) is 65.5. The van der Waals surface area contributed by atoms with Crippen molar-refractivity contribution in [2.75, 3.05) is 59.4 Å². The maximum Gasteiger partial charge on any atom is 0.312 e. The Morgan fingerprint density at radius 3 is 1.16 bits per heavy atom. The first-order valence-corrected chi connectivity index (χ1v) is 30.7. The molecule has 0 saturated carbocycles. The summed E-state index contributed by atoms with van der Waals surface area (Å²) in [5, 5.41) is 17.9. The van der Waals surface area contributed by atoms with Crippen molar-refractivity contribution in [3.8, 4) is 0 Å². The van der Waals surface area contributed by atoms with Gasteiger partial charge in [0.1, 0.15) is 42.2 Å². The molecule has 0 aliphatic carbocycles. The third-order valence-corrected chi connectivity index (χ3v) is 18.1. The van der Waals surface area contributed by atoms with Gasteiger partial charge in [-0.25, -0.2) is 34.4 Å². The van der Waals surface area contributed by atoms with Gasteiger partial charge in [0, 0.05) is 71.5 Å². The van der Waals surface area contributed by atoms with Gasteiger partial charge in [-0.15, -0.1) is 0 Å². The normalized spacial score (nSPS) is 14.3. The summed E-state index contributed by atoms with van der Waals surface area (Å²) >= 11 is 24.4. The minimum atomic E-state index is -4.26. The summed E-state index contributed by atoms with van der Waals surface area (Å²) in [7, 11) is -8.44. The van der Waals surface area contributed by atoms with Gasteiger partial charge in [-0.05, 0) is 102 Å². The minimum absolute atomic E-state index is 0.167. The van der Waals surface area contributed by atoms with Crippen LogP contribution in [0.4, 0.5) is 28.9 Å². The van der Waals surface area contributed by atoms with Gasteiger partial charge in [-0.3, -0.25) is 42.4 Å². The molecule has 28 heteroatoms. The van der Waals surface area contributed by atoms with Crippen molar-refractivity contribution in [3.05, 3.63) is 199 Å². The molecule has 452 valence electrons. The van der Waals surface area contributed by atoms with E-state index in [2.05, 4.69) is 16.0 Å². The molecule has 1 atom stereocenters. The summed E-state index contributed by atoms with van der Waals surface area (Å²) in [6, 6.07) is 30.9. The van der Waals surface area contributed by atoms with E-state index < -0.39 is 115 Å². The number of hydrogen-bond donors (Lipinski definition) is 5. The molecule has 2 fully saturated rings. The Balaban J connectivity index is 0.000000245. The van der Waals surface area contributed by atoms with E-state index in [0.29, 0.717) is 32.2 Å². The summed E-state index contributed by atoms with van der Waals surface area (Å²) in [6.07, 6.45) is -1.42. The zero-order valence-electron chi connectivity index (χ0n) is 45.0. The van der Waals surface area contributed by atoms with E-state index in [-0.39, 0.29) is 62.7 Å². The van der Waals surface area contributed by atoms with Crippen molar-refractivity contribution < 1.29 is 63.5 Å². The fraction of sp³-hybridized carbons (Fsp3) is 0.281. The number of carboxylic acids is 1. The van der Waals surface area contributed by atoms with E-state index >= 15 is 0 Å². The Morgan fingerprint density at radius 2 is 0.859 bits per heavy atom. The molecular weight excluding hydrogens is 1240 g/mol. The Bertz CT molecular complexity index is 3480. The number of amides is 4. The SMILES string of the molecule is CC(NC(=O)CC(=O)O)C(=O)NCCS(=O)(=O)N(c1cc(F)cc(F)c1)C1CN(C(c2ccc(Cl)cc2)c2ccc(Cl)cc2)C1.NC(=O)CC(=O)NCCS(=O)(=O)N(c1cc(F)cc(F)c1)C1CN(C(c2ccc(Cl)cc2)c2ccc(Cl)cc2)C1. The molecule has 1 unspecified atom stereocenters. The van der Waals surface area contributed by atoms with Gasteiger partial charge in [-0.2, -0.15) is 0 Å². The number of nitrogens with two attached hydrogens (primary N) is 1. The summed E-state index contributed by atoms with van der Waals surface area (Å²) in [6.45, 7) is 1.48. The van der Waals surface area contributed by atoms with E-state index in [1.807, 2.05) is 58.3 Å². The van der Waals surface area contributed by atoms with Gasteiger partial charge in [0.05, 0.1) is 47.0 Å². The maximum absolute atomic E-state index is 14.3. The Morgan fingerprint density at radius 1 is 0.541 bits per heavy atom. The van der Waals surface area contributed by atoms with Crippen molar-refractivity contribution in [3.63, 3.8) is 0 Å². The summed E-state index contributed by atoms with van der Waals surface area (Å²) in [4.78, 5) is 61.5. The number of carbonyl (C=O) groups is 5. The van der Waals surface area contributed by atoms with Crippen LogP contribution >= 0.6 is 46.4 Å². The van der Waals surface area contributed by atoms with E-state index in [1.54, 1.807) is 48.5 Å². The van der Waals surface area contributed by atoms with Crippen LogP contribution in [0.2, 0.25) is 20.1 Å². The second-order valence-electron chi connectivity index (χ2n) is 19.8. The summed E-state index contributed by atoms with van der Waals surface area (Å²) < 4.78 is 113. The highest BCUT2D eigenvalue weighted by Crippen LogP contribution is 2.39. The Hall–Kier alpha value is -7.03. The highest BCUT2D eigenvalue weighted by atomic mass is 35.5. The number of nitrogens with zero attached hydrogens (tertiary/aromatic N) is 4. The van der Waals surface area contributed by atoms with Crippen molar-refractivity contribution in [1.82, 2.24) is 25.8 Å². The highest BCUT2D eigenvalue weighted by Gasteiger charge is 2.44. The zero-order valence-corrected chi connectivity index (χ0v) is 49.6. The molecule has 8 rings (SSSR count). The van der Waals surface area contributed by atoms with E-state index in [4.69, 9.17) is 57.2 Å². The maximum atomic E-state index is 14.3. The van der Waals surface area contributed by atoms with Crippen LogP contribution in [0.3, 0.4) is 0 Å². The molecule has 18 nitrogen and oxygen atoms in total. The average molecular weight is 1300 g/mol. The molecule has 0 aromatic heterocycles. The molecule has 6 aromatic rings. The second kappa shape index (κ2) is 28.9. The van der Waals surface area contributed by atoms with Gasteiger partial charge in [0.15, 0.2) is 0 Å². The van der Waals surface area contributed by atoms with Crippen LogP contribution in [0.5, 0.6) is 0 Å². The van der Waals surface area contributed by atoms with Crippen molar-refractivity contribution in [2.24, 2.45) is 5.73 Å². The predicted molar refractivity (Wildman–Crippen MR) is 315 cm³/mol. The second-order valence-corrected chi connectivity index (χ2v) is 25.5. The molecule has 2 saturated heterocycles. The molecule has 85 heavy (non-hydrogen) atoms. The van der Waals surface area contributed by atoms with Crippen LogP contribution in [0.25, 0.3) is 0 Å². The summed E-state index contributed by atoms with van der Waals surface area (Å²) in [5.74, 6) is -9.55. The lowest BCUT2D eigenvalue weighted by atomic mass is 9.93. The average Bonchev–Trinajstić information content (AvgIpc) is 2.45. The Labute approximate surface area is 507 Å². The monoisotopic (exact) mass is 1290 g/mol. The minimum Gasteiger partial charge on any atom is -0.481 e. The first-order valence-electron chi connectivity index (χ1n) is 26.0. The smallest absolute Gasteiger partial charge is 0.312 e. The number of primary amides is 1.